The number of thiocarbonyl (C=S) groups is 1. The van der Waals surface area contributed by atoms with Gasteiger partial charge in [0.15, 0.2) is 11.7 Å². The Hall–Kier alpha value is -3.76. The molecule has 0 saturated carbocycles. The molecular weight excluding hydrogens is 830 g/mol. The summed E-state index contributed by atoms with van der Waals surface area (Å²) in [5.74, 6) is 0.295. The molecule has 0 aromatic heterocycles. The summed E-state index contributed by atoms with van der Waals surface area (Å²) in [7, 11) is 0. The first-order valence-corrected chi connectivity index (χ1v) is 16.9. The predicted octanol–water partition coefficient (Wildman–Crippen LogP) is 6.51. The van der Waals surface area contributed by atoms with E-state index < -0.39 is 17.9 Å². The van der Waals surface area contributed by atoms with E-state index in [9.17, 15) is 9.59 Å². The van der Waals surface area contributed by atoms with Gasteiger partial charge < -0.3 is 24.8 Å². The Balaban J connectivity index is 1.20. The lowest BCUT2D eigenvalue weighted by molar-refractivity contribution is -0.139. The number of allylic oxidation sites excluding steroid dienone is 1. The van der Waals surface area contributed by atoms with Crippen LogP contribution in [0.4, 0.5) is 0 Å². The van der Waals surface area contributed by atoms with E-state index in [1.54, 1.807) is 32.2 Å². The number of ether oxygens (including phenoxy) is 3. The van der Waals surface area contributed by atoms with Crippen LogP contribution in [-0.4, -0.2) is 36.4 Å². The summed E-state index contributed by atoms with van der Waals surface area (Å²) in [6.45, 7) is 3.89. The van der Waals surface area contributed by atoms with Crippen molar-refractivity contribution in [2.24, 2.45) is 5.10 Å². The fourth-order valence-corrected chi connectivity index (χ4v) is 7.37. The average Bonchev–Trinajstić information content (AvgIpc) is 3.03. The molecule has 1 heterocycles. The first kappa shape index (κ1) is 33.6. The van der Waals surface area contributed by atoms with Crippen LogP contribution >= 0.6 is 57.4 Å². The monoisotopic (exact) mass is 860 g/mol. The van der Waals surface area contributed by atoms with Gasteiger partial charge in [-0.1, -0.05) is 60.7 Å². The van der Waals surface area contributed by atoms with Gasteiger partial charge in [0.05, 0.1) is 31.6 Å². The summed E-state index contributed by atoms with van der Waals surface area (Å²) < 4.78 is 19.2. The molecule has 0 bridgehead atoms. The standard InChI is InChI=1S/C34H30I2N4O5S/c1-3-43-33(42)30-20(2)38-34(46)39-31(30)25-13-6-7-14-28(25)44-19-29(41)40-37-17-21-15-26(35)32(27(36)16-21)45-18-23-11-8-10-22-9-4-5-12-24(22)23/h4-17,31H,3,18-19H2,1-2H3,(H,40,41)(H2,38,39,46)/t31-/m1/s1. The number of para-hydroxylation sites is 1. The molecule has 1 amide bonds. The normalized spacial score (nSPS) is 14.5. The second-order valence-corrected chi connectivity index (χ2v) is 12.9. The Morgan fingerprint density at radius 3 is 2.50 bits per heavy atom. The molecule has 5 rings (SSSR count). The Morgan fingerprint density at radius 1 is 1.00 bits per heavy atom. The molecule has 3 N–H and O–H groups in total. The maximum absolute atomic E-state index is 12.8. The minimum Gasteiger partial charge on any atom is -0.487 e. The van der Waals surface area contributed by atoms with Gasteiger partial charge in [-0.05, 0) is 111 Å². The van der Waals surface area contributed by atoms with Crippen LogP contribution in [0.5, 0.6) is 11.5 Å². The molecule has 9 nitrogen and oxygen atoms in total. The highest BCUT2D eigenvalue weighted by molar-refractivity contribution is 14.1. The number of carbonyl (C=O) groups excluding carboxylic acids is 2. The number of hydrazone groups is 1. The first-order valence-electron chi connectivity index (χ1n) is 14.3. The highest BCUT2D eigenvalue weighted by Crippen LogP contribution is 2.34. The van der Waals surface area contributed by atoms with Gasteiger partial charge in [0, 0.05) is 11.3 Å². The number of esters is 1. The van der Waals surface area contributed by atoms with E-state index in [1.807, 2.05) is 42.5 Å². The zero-order chi connectivity index (χ0) is 32.6. The quantitative estimate of drug-likeness (QED) is 0.0515. The number of amides is 1. The van der Waals surface area contributed by atoms with Crippen molar-refractivity contribution in [1.29, 1.82) is 0 Å². The second kappa shape index (κ2) is 15.7. The summed E-state index contributed by atoms with van der Waals surface area (Å²) >= 11 is 9.82. The minimum atomic E-state index is -0.617. The molecule has 0 radical (unpaired) electrons. The van der Waals surface area contributed by atoms with Crippen LogP contribution in [0.3, 0.4) is 0 Å². The third-order valence-corrected chi connectivity index (χ3v) is 8.85. The fraction of sp³-hybridized carbons (Fsp3) is 0.176. The second-order valence-electron chi connectivity index (χ2n) is 10.2. The average molecular weight is 861 g/mol. The molecule has 0 saturated heterocycles. The lowest BCUT2D eigenvalue weighted by Gasteiger charge is -2.30. The molecule has 4 aromatic carbocycles. The molecule has 0 unspecified atom stereocenters. The van der Waals surface area contributed by atoms with Crippen molar-refractivity contribution in [2.75, 3.05) is 13.2 Å². The summed E-state index contributed by atoms with van der Waals surface area (Å²) in [6.07, 6.45) is 1.57. The van der Waals surface area contributed by atoms with Gasteiger partial charge in [0.1, 0.15) is 18.1 Å². The minimum absolute atomic E-state index is 0.230. The van der Waals surface area contributed by atoms with Gasteiger partial charge in [-0.25, -0.2) is 10.2 Å². The van der Waals surface area contributed by atoms with Gasteiger partial charge in [0.2, 0.25) is 0 Å². The van der Waals surface area contributed by atoms with Crippen LogP contribution in [0.1, 0.15) is 36.6 Å². The van der Waals surface area contributed by atoms with Crippen LogP contribution in [-0.2, 0) is 20.9 Å². The van der Waals surface area contributed by atoms with E-state index in [0.717, 1.165) is 24.0 Å². The van der Waals surface area contributed by atoms with E-state index >= 15 is 0 Å². The number of hydrogen-bond acceptors (Lipinski definition) is 7. The topological polar surface area (TPSA) is 110 Å². The van der Waals surface area contributed by atoms with Crippen molar-refractivity contribution in [3.63, 3.8) is 0 Å². The number of nitrogens with one attached hydrogen (secondary N) is 3. The number of fused-ring (bicyclic) bond motifs is 1. The zero-order valence-electron chi connectivity index (χ0n) is 24.9. The van der Waals surface area contributed by atoms with E-state index in [4.69, 9.17) is 26.4 Å². The molecule has 1 aliphatic heterocycles. The highest BCUT2D eigenvalue weighted by atomic mass is 127. The number of carbonyl (C=O) groups is 2. The Labute approximate surface area is 299 Å². The summed E-state index contributed by atoms with van der Waals surface area (Å²) in [4.78, 5) is 25.4. The van der Waals surface area contributed by atoms with Crippen LogP contribution in [0.2, 0.25) is 0 Å². The lowest BCUT2D eigenvalue weighted by Crippen LogP contribution is -2.45. The van der Waals surface area contributed by atoms with Gasteiger partial charge >= 0.3 is 5.97 Å². The molecule has 12 heteroatoms. The number of rotatable bonds is 11. The van der Waals surface area contributed by atoms with Gasteiger partial charge in [0.25, 0.3) is 5.91 Å². The number of hydrogen-bond donors (Lipinski definition) is 3. The van der Waals surface area contributed by atoms with Crippen LogP contribution < -0.4 is 25.5 Å². The van der Waals surface area contributed by atoms with Crippen LogP contribution in [0.25, 0.3) is 10.8 Å². The third kappa shape index (κ3) is 8.14. The fourth-order valence-electron chi connectivity index (χ4n) is 4.97. The van der Waals surface area contributed by atoms with E-state index in [2.05, 4.69) is 90.6 Å². The largest absolute Gasteiger partial charge is 0.487 e. The Kier molecular flexibility index (Phi) is 11.5. The van der Waals surface area contributed by atoms with E-state index in [0.29, 0.717) is 34.3 Å². The molecule has 0 aliphatic carbocycles. The molecular formula is C34H30I2N4O5S. The molecule has 0 fully saturated rings. The molecule has 236 valence electrons. The molecule has 0 spiro atoms. The number of nitrogens with zero attached hydrogens (tertiary/aromatic N) is 1. The predicted molar refractivity (Wildman–Crippen MR) is 199 cm³/mol. The van der Waals surface area contributed by atoms with Crippen molar-refractivity contribution in [2.45, 2.75) is 26.5 Å². The third-order valence-electron chi connectivity index (χ3n) is 7.03. The summed E-state index contributed by atoms with van der Waals surface area (Å²) in [6, 6.07) is 24.9. The number of halogens is 2. The Morgan fingerprint density at radius 2 is 1.72 bits per heavy atom. The van der Waals surface area contributed by atoms with Crippen LogP contribution in [0.15, 0.2) is 95.2 Å². The smallest absolute Gasteiger partial charge is 0.338 e. The maximum Gasteiger partial charge on any atom is 0.338 e. The zero-order valence-corrected chi connectivity index (χ0v) is 30.1. The van der Waals surface area contributed by atoms with E-state index in [1.165, 1.54) is 10.8 Å². The lowest BCUT2D eigenvalue weighted by atomic mass is 9.95. The SMILES string of the molecule is CCOC(=O)C1=C(C)NC(=S)N[C@@H]1c1ccccc1OCC(=O)NN=Cc1cc(I)c(OCc2cccc3ccccc23)c(I)c1. The van der Waals surface area contributed by atoms with Gasteiger partial charge in [-0.15, -0.1) is 0 Å². The highest BCUT2D eigenvalue weighted by Gasteiger charge is 2.32. The Bertz CT molecular complexity index is 1830. The molecule has 1 aliphatic rings. The van der Waals surface area contributed by atoms with E-state index in [-0.39, 0.29) is 13.2 Å². The maximum atomic E-state index is 12.8. The van der Waals surface area contributed by atoms with Crippen molar-refractivity contribution in [3.8, 4) is 11.5 Å². The number of benzene rings is 4. The van der Waals surface area contributed by atoms with Gasteiger partial charge in [-0.3, -0.25) is 4.79 Å². The summed E-state index contributed by atoms with van der Waals surface area (Å²) in [5.41, 5.74) is 6.04. The molecule has 1 atom stereocenters. The summed E-state index contributed by atoms with van der Waals surface area (Å²) in [5, 5.41) is 12.9. The van der Waals surface area contributed by atoms with Crippen molar-refractivity contribution >= 4 is 91.4 Å². The van der Waals surface area contributed by atoms with Crippen molar-refractivity contribution in [3.05, 3.63) is 114 Å². The first-order chi connectivity index (χ1) is 22.2. The van der Waals surface area contributed by atoms with Crippen molar-refractivity contribution < 1.29 is 23.8 Å². The van der Waals surface area contributed by atoms with Gasteiger partial charge in [-0.2, -0.15) is 5.10 Å². The molecule has 4 aromatic rings. The molecule has 46 heavy (non-hydrogen) atoms. The van der Waals surface area contributed by atoms with Crippen LogP contribution in [0, 0.1) is 7.14 Å². The van der Waals surface area contributed by atoms with Crippen molar-refractivity contribution in [1.82, 2.24) is 16.1 Å².